The molecule has 1 atom stereocenters. The molecule has 0 aliphatic carbocycles. The molecule has 1 heterocycles. The molecule has 2 rings (SSSR count). The Hall–Kier alpha value is -1.59. The second-order valence-corrected chi connectivity index (χ2v) is 6.23. The lowest BCUT2D eigenvalue weighted by Gasteiger charge is -2.27. The molecule has 1 N–H and O–H groups in total. The Labute approximate surface area is 128 Å². The van der Waals surface area contributed by atoms with Crippen LogP contribution in [0.1, 0.15) is 39.6 Å². The Balaban J connectivity index is 2.38. The van der Waals surface area contributed by atoms with Gasteiger partial charge < -0.3 is 14.4 Å². The first-order valence-electron chi connectivity index (χ1n) is 6.77. The van der Waals surface area contributed by atoms with E-state index in [-0.39, 0.29) is 23.2 Å². The van der Waals surface area contributed by atoms with Crippen LogP contribution in [0.15, 0.2) is 22.7 Å². The number of halogens is 1. The molecule has 1 aromatic heterocycles. The van der Waals surface area contributed by atoms with Gasteiger partial charge in [-0.2, -0.15) is 4.98 Å². The van der Waals surface area contributed by atoms with E-state index in [1.807, 2.05) is 27.7 Å². The van der Waals surface area contributed by atoms with Crippen molar-refractivity contribution in [2.45, 2.75) is 33.8 Å². The van der Waals surface area contributed by atoms with Gasteiger partial charge in [0.15, 0.2) is 0 Å². The Morgan fingerprint density at radius 2 is 2.10 bits per heavy atom. The highest BCUT2D eigenvalue weighted by molar-refractivity contribution is 6.33. The van der Waals surface area contributed by atoms with Crippen LogP contribution in [0.25, 0.3) is 11.5 Å². The molecule has 1 unspecified atom stereocenters. The number of aromatic hydroxyl groups is 1. The van der Waals surface area contributed by atoms with Crippen LogP contribution in [-0.2, 0) is 4.74 Å². The van der Waals surface area contributed by atoms with E-state index in [0.29, 0.717) is 23.0 Å². The van der Waals surface area contributed by atoms with Gasteiger partial charge in [-0.15, -0.1) is 0 Å². The van der Waals surface area contributed by atoms with Crippen LogP contribution in [-0.4, -0.2) is 21.9 Å². The quantitative estimate of drug-likeness (QED) is 0.915. The van der Waals surface area contributed by atoms with Gasteiger partial charge in [0, 0.05) is 6.61 Å². The van der Waals surface area contributed by atoms with Crippen LogP contribution in [0.3, 0.4) is 0 Å². The number of aromatic nitrogens is 2. The fraction of sp³-hybridized carbons (Fsp3) is 0.467. The Bertz CT molecular complexity index is 620. The normalized spacial score (nSPS) is 13.4. The van der Waals surface area contributed by atoms with E-state index >= 15 is 0 Å². The minimum Gasteiger partial charge on any atom is -0.508 e. The molecule has 0 aliphatic heterocycles. The van der Waals surface area contributed by atoms with E-state index in [0.717, 1.165) is 0 Å². The molecule has 0 saturated heterocycles. The number of phenols is 1. The van der Waals surface area contributed by atoms with Gasteiger partial charge in [0.05, 0.1) is 10.6 Å². The Morgan fingerprint density at radius 3 is 2.71 bits per heavy atom. The van der Waals surface area contributed by atoms with Gasteiger partial charge >= 0.3 is 0 Å². The molecular formula is C15H19ClN2O3. The highest BCUT2D eigenvalue weighted by atomic mass is 35.5. The van der Waals surface area contributed by atoms with Crippen molar-refractivity contribution < 1.29 is 14.4 Å². The summed E-state index contributed by atoms with van der Waals surface area (Å²) in [5.41, 5.74) is 0.333. The van der Waals surface area contributed by atoms with E-state index in [4.69, 9.17) is 20.9 Å². The van der Waals surface area contributed by atoms with Gasteiger partial charge in [-0.25, -0.2) is 0 Å². The lowest BCUT2D eigenvalue weighted by Crippen LogP contribution is -2.22. The molecule has 0 radical (unpaired) electrons. The third kappa shape index (κ3) is 3.54. The second kappa shape index (κ2) is 6.03. The van der Waals surface area contributed by atoms with Crippen LogP contribution in [0.5, 0.6) is 5.75 Å². The van der Waals surface area contributed by atoms with Crippen LogP contribution < -0.4 is 0 Å². The lowest BCUT2D eigenvalue weighted by molar-refractivity contribution is -0.0203. The lowest BCUT2D eigenvalue weighted by atomic mass is 9.88. The third-order valence-electron chi connectivity index (χ3n) is 2.98. The number of hydrogen-bond donors (Lipinski definition) is 1. The van der Waals surface area contributed by atoms with Crippen molar-refractivity contribution in [3.63, 3.8) is 0 Å². The maximum Gasteiger partial charge on any atom is 0.259 e. The topological polar surface area (TPSA) is 68.4 Å². The Kier molecular flexibility index (Phi) is 4.54. The predicted octanol–water partition coefficient (Wildman–Crippen LogP) is 4.22. The number of hydrogen-bond acceptors (Lipinski definition) is 5. The maximum atomic E-state index is 9.56. The third-order valence-corrected chi connectivity index (χ3v) is 3.31. The van der Waals surface area contributed by atoms with E-state index in [1.54, 1.807) is 6.07 Å². The largest absolute Gasteiger partial charge is 0.508 e. The zero-order valence-electron chi connectivity index (χ0n) is 12.6. The van der Waals surface area contributed by atoms with Crippen molar-refractivity contribution in [3.05, 3.63) is 29.0 Å². The first-order valence-corrected chi connectivity index (χ1v) is 7.14. The SMILES string of the molecule is CCOC(c1noc(-c2cc(O)ccc2Cl)n1)C(C)(C)C. The fourth-order valence-corrected chi connectivity index (χ4v) is 2.20. The summed E-state index contributed by atoms with van der Waals surface area (Å²) in [6, 6.07) is 4.58. The highest BCUT2D eigenvalue weighted by Crippen LogP contribution is 2.36. The molecule has 0 fully saturated rings. The van der Waals surface area contributed by atoms with Crippen LogP contribution >= 0.6 is 11.6 Å². The molecule has 2 aromatic rings. The molecule has 114 valence electrons. The van der Waals surface area contributed by atoms with Gasteiger partial charge in [-0.05, 0) is 30.5 Å². The first-order chi connectivity index (χ1) is 9.82. The zero-order chi connectivity index (χ0) is 15.6. The van der Waals surface area contributed by atoms with E-state index < -0.39 is 0 Å². The number of phenolic OH excluding ortho intramolecular Hbond substituents is 1. The summed E-state index contributed by atoms with van der Waals surface area (Å²) in [4.78, 5) is 4.37. The highest BCUT2D eigenvalue weighted by Gasteiger charge is 2.31. The van der Waals surface area contributed by atoms with Gasteiger partial charge in [-0.1, -0.05) is 37.5 Å². The predicted molar refractivity (Wildman–Crippen MR) is 80.2 cm³/mol. The molecule has 6 heteroatoms. The van der Waals surface area contributed by atoms with Gasteiger partial charge in [-0.3, -0.25) is 0 Å². The van der Waals surface area contributed by atoms with Crippen molar-refractivity contribution in [2.75, 3.05) is 6.61 Å². The molecule has 0 spiro atoms. The van der Waals surface area contributed by atoms with Gasteiger partial charge in [0.1, 0.15) is 11.9 Å². The molecule has 0 amide bonds. The molecule has 5 nitrogen and oxygen atoms in total. The monoisotopic (exact) mass is 310 g/mol. The minimum atomic E-state index is -0.281. The van der Waals surface area contributed by atoms with Gasteiger partial charge in [0.25, 0.3) is 5.89 Å². The average molecular weight is 311 g/mol. The summed E-state index contributed by atoms with van der Waals surface area (Å²) in [7, 11) is 0. The average Bonchev–Trinajstić information content (AvgIpc) is 2.86. The Morgan fingerprint density at radius 1 is 1.38 bits per heavy atom. The fourth-order valence-electron chi connectivity index (χ4n) is 2.01. The number of ether oxygens (including phenoxy) is 1. The summed E-state index contributed by atoms with van der Waals surface area (Å²) >= 11 is 6.10. The summed E-state index contributed by atoms with van der Waals surface area (Å²) in [5, 5.41) is 14.0. The van der Waals surface area contributed by atoms with E-state index in [1.165, 1.54) is 12.1 Å². The van der Waals surface area contributed by atoms with E-state index in [2.05, 4.69) is 10.1 Å². The van der Waals surface area contributed by atoms with Crippen molar-refractivity contribution in [1.29, 1.82) is 0 Å². The minimum absolute atomic E-state index is 0.0892. The molecular weight excluding hydrogens is 292 g/mol. The first kappa shape index (κ1) is 15.8. The zero-order valence-corrected chi connectivity index (χ0v) is 13.3. The van der Waals surface area contributed by atoms with Crippen LogP contribution in [0.2, 0.25) is 5.02 Å². The van der Waals surface area contributed by atoms with Crippen molar-refractivity contribution in [2.24, 2.45) is 5.41 Å². The second-order valence-electron chi connectivity index (χ2n) is 5.82. The van der Waals surface area contributed by atoms with E-state index in [9.17, 15) is 5.11 Å². The molecule has 0 bridgehead atoms. The van der Waals surface area contributed by atoms with Crippen molar-refractivity contribution >= 4 is 11.6 Å². The molecule has 21 heavy (non-hydrogen) atoms. The summed E-state index contributed by atoms with van der Waals surface area (Å²) in [6.07, 6.45) is -0.281. The number of rotatable bonds is 4. The maximum absolute atomic E-state index is 9.56. The smallest absolute Gasteiger partial charge is 0.259 e. The van der Waals surface area contributed by atoms with Crippen LogP contribution in [0.4, 0.5) is 0 Å². The molecule has 0 aliphatic rings. The number of nitrogens with zero attached hydrogens (tertiary/aromatic N) is 2. The van der Waals surface area contributed by atoms with Gasteiger partial charge in [0.2, 0.25) is 5.82 Å². The standard InChI is InChI=1S/C15H19ClN2O3/c1-5-20-12(15(2,3)4)13-17-14(21-18-13)10-8-9(19)6-7-11(10)16/h6-8,12,19H,5H2,1-4H3. The molecule has 1 aromatic carbocycles. The summed E-state index contributed by atoms with van der Waals surface area (Å²) in [6.45, 7) is 8.62. The summed E-state index contributed by atoms with van der Waals surface area (Å²) in [5.74, 6) is 0.824. The van der Waals surface area contributed by atoms with Crippen LogP contribution in [0, 0.1) is 5.41 Å². The number of benzene rings is 1. The van der Waals surface area contributed by atoms with Crippen molar-refractivity contribution in [3.8, 4) is 17.2 Å². The molecule has 0 saturated carbocycles. The van der Waals surface area contributed by atoms with Crippen molar-refractivity contribution in [1.82, 2.24) is 10.1 Å². The summed E-state index contributed by atoms with van der Waals surface area (Å²) < 4.78 is 11.0.